The van der Waals surface area contributed by atoms with Gasteiger partial charge in [0.05, 0.1) is 4.92 Å². The van der Waals surface area contributed by atoms with Crippen LogP contribution in [-0.2, 0) is 6.54 Å². The summed E-state index contributed by atoms with van der Waals surface area (Å²) in [5.41, 5.74) is 5.29. The maximum Gasteiger partial charge on any atom is 0.306 e. The SMILES string of the molecule is Cl.Cl.NCCCn1cc([N+](=O)[O-])cn1. The molecular weight excluding hydrogens is 231 g/mol. The number of aromatic nitrogens is 2. The molecule has 6 nitrogen and oxygen atoms in total. The van der Waals surface area contributed by atoms with Crippen molar-refractivity contribution in [3.05, 3.63) is 22.5 Å². The summed E-state index contributed by atoms with van der Waals surface area (Å²) in [6.45, 7) is 1.19. The van der Waals surface area contributed by atoms with Crippen molar-refractivity contribution >= 4 is 30.5 Å². The minimum Gasteiger partial charge on any atom is -0.330 e. The van der Waals surface area contributed by atoms with E-state index in [9.17, 15) is 10.1 Å². The molecule has 0 radical (unpaired) electrons. The molecule has 0 aliphatic carbocycles. The maximum absolute atomic E-state index is 10.2. The fourth-order valence-corrected chi connectivity index (χ4v) is 0.823. The van der Waals surface area contributed by atoms with Crippen LogP contribution in [0.1, 0.15) is 6.42 Å². The zero-order valence-electron chi connectivity index (χ0n) is 7.33. The molecule has 0 unspecified atom stereocenters. The molecule has 0 fully saturated rings. The number of hydrogen-bond acceptors (Lipinski definition) is 4. The van der Waals surface area contributed by atoms with Gasteiger partial charge in [0.1, 0.15) is 12.4 Å². The lowest BCUT2D eigenvalue weighted by atomic mass is 10.4. The van der Waals surface area contributed by atoms with Crippen molar-refractivity contribution in [3.8, 4) is 0 Å². The molecule has 2 N–H and O–H groups in total. The second kappa shape index (κ2) is 7.54. The van der Waals surface area contributed by atoms with Crippen molar-refractivity contribution in [1.29, 1.82) is 0 Å². The van der Waals surface area contributed by atoms with Gasteiger partial charge in [-0.15, -0.1) is 24.8 Å². The van der Waals surface area contributed by atoms with E-state index < -0.39 is 4.92 Å². The molecule has 1 rings (SSSR count). The van der Waals surface area contributed by atoms with Gasteiger partial charge in [-0.25, -0.2) is 0 Å². The number of aryl methyl sites for hydroxylation is 1. The largest absolute Gasteiger partial charge is 0.330 e. The third kappa shape index (κ3) is 4.40. The van der Waals surface area contributed by atoms with Gasteiger partial charge < -0.3 is 5.73 Å². The van der Waals surface area contributed by atoms with Crippen LogP contribution >= 0.6 is 24.8 Å². The lowest BCUT2D eigenvalue weighted by Gasteiger charge is -1.95. The van der Waals surface area contributed by atoms with E-state index in [4.69, 9.17) is 5.73 Å². The van der Waals surface area contributed by atoms with Crippen molar-refractivity contribution in [3.63, 3.8) is 0 Å². The number of nitrogens with two attached hydrogens (primary N) is 1. The quantitative estimate of drug-likeness (QED) is 0.630. The van der Waals surface area contributed by atoms with Gasteiger partial charge in [0.25, 0.3) is 0 Å². The van der Waals surface area contributed by atoms with E-state index in [2.05, 4.69) is 5.10 Å². The molecule has 0 aromatic carbocycles. The highest BCUT2D eigenvalue weighted by atomic mass is 35.5. The molecule has 0 spiro atoms. The zero-order valence-corrected chi connectivity index (χ0v) is 8.96. The summed E-state index contributed by atoms with van der Waals surface area (Å²) >= 11 is 0. The Hall–Kier alpha value is -0.850. The number of nitrogens with zero attached hydrogens (tertiary/aromatic N) is 3. The van der Waals surface area contributed by atoms with Gasteiger partial charge in [-0.3, -0.25) is 14.8 Å². The molecule has 0 saturated heterocycles. The minimum atomic E-state index is -0.466. The first-order valence-corrected chi connectivity index (χ1v) is 3.61. The summed E-state index contributed by atoms with van der Waals surface area (Å²) in [5, 5.41) is 14.0. The minimum absolute atomic E-state index is 0. The predicted octanol–water partition coefficient (Wildman–Crippen LogP) is 0.984. The second-order valence-electron chi connectivity index (χ2n) is 2.36. The first-order chi connectivity index (χ1) is 5.74. The van der Waals surface area contributed by atoms with Crippen molar-refractivity contribution in [1.82, 2.24) is 9.78 Å². The lowest BCUT2D eigenvalue weighted by molar-refractivity contribution is -0.385. The van der Waals surface area contributed by atoms with Crippen molar-refractivity contribution in [2.75, 3.05) is 6.54 Å². The maximum atomic E-state index is 10.2. The molecule has 14 heavy (non-hydrogen) atoms. The summed E-state index contributed by atoms with van der Waals surface area (Å²) in [7, 11) is 0. The summed E-state index contributed by atoms with van der Waals surface area (Å²) in [6.07, 6.45) is 3.41. The Kier molecular flexibility index (Phi) is 8.41. The number of rotatable bonds is 4. The van der Waals surface area contributed by atoms with Crippen LogP contribution in [0.25, 0.3) is 0 Å². The Morgan fingerprint density at radius 2 is 2.21 bits per heavy atom. The fourth-order valence-electron chi connectivity index (χ4n) is 0.823. The van der Waals surface area contributed by atoms with Gasteiger partial charge in [-0.2, -0.15) is 5.10 Å². The van der Waals surface area contributed by atoms with Crippen molar-refractivity contribution < 1.29 is 4.92 Å². The molecule has 8 heteroatoms. The van der Waals surface area contributed by atoms with Crippen LogP contribution in [0.2, 0.25) is 0 Å². The molecule has 1 aromatic rings. The van der Waals surface area contributed by atoms with Gasteiger partial charge in [0.2, 0.25) is 0 Å². The normalized spacial score (nSPS) is 8.64. The average molecular weight is 243 g/mol. The van der Waals surface area contributed by atoms with E-state index in [0.717, 1.165) is 6.42 Å². The molecule has 0 bridgehead atoms. The van der Waals surface area contributed by atoms with Crippen LogP contribution in [-0.4, -0.2) is 21.2 Å². The van der Waals surface area contributed by atoms with Crippen molar-refractivity contribution in [2.24, 2.45) is 5.73 Å². The molecular formula is C6H12Cl2N4O2. The Morgan fingerprint density at radius 3 is 2.64 bits per heavy atom. The lowest BCUT2D eigenvalue weighted by Crippen LogP contribution is -2.05. The highest BCUT2D eigenvalue weighted by Gasteiger charge is 2.07. The van der Waals surface area contributed by atoms with E-state index in [1.807, 2.05) is 0 Å². The first kappa shape index (κ1) is 15.6. The van der Waals surface area contributed by atoms with Gasteiger partial charge in [0.15, 0.2) is 0 Å². The van der Waals surface area contributed by atoms with Crippen LogP contribution in [0.4, 0.5) is 5.69 Å². The zero-order chi connectivity index (χ0) is 8.97. The first-order valence-electron chi connectivity index (χ1n) is 3.61. The summed E-state index contributed by atoms with van der Waals surface area (Å²) in [5.74, 6) is 0. The molecule has 0 aliphatic heterocycles. The molecule has 0 aliphatic rings. The van der Waals surface area contributed by atoms with Crippen LogP contribution in [0.15, 0.2) is 12.4 Å². The van der Waals surface area contributed by atoms with E-state index in [1.165, 1.54) is 17.1 Å². The van der Waals surface area contributed by atoms with Crippen LogP contribution < -0.4 is 5.73 Å². The Bertz CT molecular complexity index is 279. The molecule has 1 aromatic heterocycles. The topological polar surface area (TPSA) is 87.0 Å². The number of nitro groups is 1. The van der Waals surface area contributed by atoms with Gasteiger partial charge in [-0.1, -0.05) is 0 Å². The highest BCUT2D eigenvalue weighted by Crippen LogP contribution is 2.07. The smallest absolute Gasteiger partial charge is 0.306 e. The number of halogens is 2. The fraction of sp³-hybridized carbons (Fsp3) is 0.500. The predicted molar refractivity (Wildman–Crippen MR) is 57.0 cm³/mol. The number of hydrogen-bond donors (Lipinski definition) is 1. The monoisotopic (exact) mass is 242 g/mol. The van der Waals surface area contributed by atoms with E-state index in [-0.39, 0.29) is 30.5 Å². The average Bonchev–Trinajstić information content (AvgIpc) is 2.48. The van der Waals surface area contributed by atoms with E-state index in [1.54, 1.807) is 0 Å². The second-order valence-corrected chi connectivity index (χ2v) is 2.36. The van der Waals surface area contributed by atoms with Gasteiger partial charge in [0, 0.05) is 6.54 Å². The van der Waals surface area contributed by atoms with Crippen LogP contribution in [0, 0.1) is 10.1 Å². The standard InChI is InChI=1S/C6H10N4O2.2ClH/c7-2-1-3-9-5-6(4-8-9)10(11)12;;/h4-5H,1-3,7H2;2*1H. The summed E-state index contributed by atoms with van der Waals surface area (Å²) in [6, 6.07) is 0. The molecule has 1 heterocycles. The summed E-state index contributed by atoms with van der Waals surface area (Å²) < 4.78 is 1.52. The Morgan fingerprint density at radius 1 is 1.57 bits per heavy atom. The summed E-state index contributed by atoms with van der Waals surface area (Å²) in [4.78, 5) is 9.75. The Balaban J connectivity index is 0. The van der Waals surface area contributed by atoms with E-state index >= 15 is 0 Å². The molecule has 82 valence electrons. The van der Waals surface area contributed by atoms with Crippen LogP contribution in [0.5, 0.6) is 0 Å². The molecule has 0 atom stereocenters. The van der Waals surface area contributed by atoms with Gasteiger partial charge >= 0.3 is 5.69 Å². The highest BCUT2D eigenvalue weighted by molar-refractivity contribution is 5.85. The third-order valence-corrected chi connectivity index (χ3v) is 1.42. The van der Waals surface area contributed by atoms with E-state index in [0.29, 0.717) is 13.1 Å². The molecule has 0 amide bonds. The van der Waals surface area contributed by atoms with Crippen molar-refractivity contribution in [2.45, 2.75) is 13.0 Å². The van der Waals surface area contributed by atoms with Crippen LogP contribution in [0.3, 0.4) is 0 Å². The third-order valence-electron chi connectivity index (χ3n) is 1.42. The Labute approximate surface area is 93.4 Å². The molecule has 0 saturated carbocycles. The van der Waals surface area contributed by atoms with Gasteiger partial charge in [-0.05, 0) is 13.0 Å².